The minimum Gasteiger partial charge on any atom is -0.481 e. The van der Waals surface area contributed by atoms with Crippen molar-refractivity contribution in [2.75, 3.05) is 5.75 Å². The number of aliphatic carboxylic acids is 1. The van der Waals surface area contributed by atoms with Crippen molar-refractivity contribution in [1.29, 1.82) is 0 Å². The number of hydrogen-bond acceptors (Lipinski definition) is 8. The molecule has 9 nitrogen and oxygen atoms in total. The van der Waals surface area contributed by atoms with Crippen molar-refractivity contribution in [3.8, 4) is 33.7 Å². The number of carboxylic acid groups (broad SMARTS) is 1. The molecule has 1 saturated heterocycles. The Morgan fingerprint density at radius 1 is 0.714 bits per heavy atom. The third kappa shape index (κ3) is 10.2. The number of nitrogens with zero attached hydrogens (tertiary/aromatic N) is 1. The molecule has 1 amide bonds. The minimum atomic E-state index is -0.846. The molecule has 1 aromatic heterocycles. The Balaban J connectivity index is 1.05. The van der Waals surface area contributed by atoms with Crippen LogP contribution in [0.4, 0.5) is 0 Å². The Bertz CT molecular complexity index is 2130. The van der Waals surface area contributed by atoms with Crippen LogP contribution in [0.25, 0.3) is 33.7 Å². The van der Waals surface area contributed by atoms with Crippen molar-refractivity contribution in [2.24, 2.45) is 0 Å². The lowest BCUT2D eigenvalue weighted by atomic mass is 9.99. The molecule has 0 aliphatic carbocycles. The van der Waals surface area contributed by atoms with Gasteiger partial charge in [-0.25, -0.2) is 4.98 Å². The van der Waals surface area contributed by atoms with Crippen LogP contribution in [-0.4, -0.2) is 38.9 Å². The van der Waals surface area contributed by atoms with E-state index in [0.717, 1.165) is 56.0 Å². The molecule has 286 valence electrons. The van der Waals surface area contributed by atoms with Crippen LogP contribution in [0, 0.1) is 0 Å². The lowest BCUT2D eigenvalue weighted by Crippen LogP contribution is -2.31. The number of benzene rings is 5. The number of hydrogen-bond donors (Lipinski definition) is 3. The maximum atomic E-state index is 12.3. The van der Waals surface area contributed by atoms with Crippen LogP contribution < -0.4 is 5.32 Å². The normalized spacial score (nSPS) is 16.7. The van der Waals surface area contributed by atoms with Gasteiger partial charge >= 0.3 is 5.97 Å². The summed E-state index contributed by atoms with van der Waals surface area (Å²) in [6.07, 6.45) is 0.994. The second-order valence-corrected chi connectivity index (χ2v) is 14.7. The van der Waals surface area contributed by atoms with E-state index in [0.29, 0.717) is 43.2 Å². The molecule has 3 N–H and O–H groups in total. The van der Waals surface area contributed by atoms with Gasteiger partial charge in [0.25, 0.3) is 5.22 Å². The summed E-state index contributed by atoms with van der Waals surface area (Å²) in [6, 6.07) is 44.1. The van der Waals surface area contributed by atoms with Gasteiger partial charge in [0.15, 0.2) is 12.1 Å². The lowest BCUT2D eigenvalue weighted by Gasteiger charge is -2.36. The summed E-state index contributed by atoms with van der Waals surface area (Å²) in [5.41, 5.74) is 8.49. The number of unbranched alkanes of at least 4 members (excludes halogenated alkanes) is 1. The predicted octanol–water partition coefficient (Wildman–Crippen LogP) is 9.77. The molecule has 5 aromatic carbocycles. The summed E-state index contributed by atoms with van der Waals surface area (Å²) in [7, 11) is 0. The molecular formula is C46H44N2O7S. The van der Waals surface area contributed by atoms with Gasteiger partial charge in [-0.1, -0.05) is 139 Å². The fourth-order valence-electron chi connectivity index (χ4n) is 6.67. The standard InChI is InChI=1S/C46H44N2O7S/c49-29-31-18-20-34(21-19-31)40-27-39(30-56-46-48-43(35-11-3-1-4-12-35)44(55-46)36-13-5-2-6-14-36)53-45(54-40)37-24-22-33(23-25-37)38-15-9-10-32(26-38)28-47-41(50)16-7-8-17-42(51)52/h1-6,9-15,18-26,39-40,45,49H,7-8,16-17,27-30H2,(H,47,50)(H,51,52). The molecule has 10 heteroatoms. The second kappa shape index (κ2) is 18.9. The van der Waals surface area contributed by atoms with Crippen molar-refractivity contribution >= 4 is 23.6 Å². The number of thioether (sulfide) groups is 1. The highest BCUT2D eigenvalue weighted by atomic mass is 32.2. The number of carbonyl (C=O) groups excluding carboxylic acids is 1. The van der Waals surface area contributed by atoms with Crippen molar-refractivity contribution in [2.45, 2.75) is 69.0 Å². The zero-order valence-electron chi connectivity index (χ0n) is 30.9. The molecule has 56 heavy (non-hydrogen) atoms. The Labute approximate surface area is 330 Å². The van der Waals surface area contributed by atoms with Crippen LogP contribution in [0.1, 0.15) is 66.8 Å². The van der Waals surface area contributed by atoms with Gasteiger partial charge < -0.3 is 29.4 Å². The van der Waals surface area contributed by atoms with Crippen LogP contribution in [0.15, 0.2) is 143 Å². The summed E-state index contributed by atoms with van der Waals surface area (Å²) in [6.45, 7) is 0.366. The molecule has 0 saturated carbocycles. The van der Waals surface area contributed by atoms with E-state index in [1.54, 1.807) is 0 Å². The van der Waals surface area contributed by atoms with Crippen LogP contribution >= 0.6 is 11.8 Å². The van der Waals surface area contributed by atoms with E-state index in [1.165, 1.54) is 11.8 Å². The first-order valence-electron chi connectivity index (χ1n) is 18.8. The van der Waals surface area contributed by atoms with Gasteiger partial charge in [0.05, 0.1) is 18.8 Å². The van der Waals surface area contributed by atoms with Crippen molar-refractivity contribution < 1.29 is 33.7 Å². The number of aliphatic hydroxyl groups excluding tert-OH is 1. The van der Waals surface area contributed by atoms with Gasteiger partial charge in [0.1, 0.15) is 5.69 Å². The average Bonchev–Trinajstić information content (AvgIpc) is 3.69. The summed E-state index contributed by atoms with van der Waals surface area (Å²) in [4.78, 5) is 28.0. The fourth-order valence-corrected chi connectivity index (χ4v) is 7.51. The number of rotatable bonds is 16. The molecule has 1 aliphatic rings. The average molecular weight is 769 g/mol. The number of oxazole rings is 1. The van der Waals surface area contributed by atoms with E-state index in [-0.39, 0.29) is 31.1 Å². The number of aromatic nitrogens is 1. The summed E-state index contributed by atoms with van der Waals surface area (Å²) < 4.78 is 19.7. The highest BCUT2D eigenvalue weighted by molar-refractivity contribution is 7.99. The van der Waals surface area contributed by atoms with E-state index in [9.17, 15) is 14.7 Å². The lowest BCUT2D eigenvalue weighted by molar-refractivity contribution is -0.245. The van der Waals surface area contributed by atoms with Crippen molar-refractivity contribution in [1.82, 2.24) is 10.3 Å². The SMILES string of the molecule is O=C(O)CCCCC(=O)NCc1cccc(-c2ccc(C3OC(CSc4nc(-c5ccccc5)c(-c5ccccc5)o4)CC(c4ccc(CO)cc4)O3)cc2)c1. The number of amides is 1. The highest BCUT2D eigenvalue weighted by Crippen LogP contribution is 2.41. The topological polar surface area (TPSA) is 131 Å². The van der Waals surface area contributed by atoms with Gasteiger partial charge in [-0.05, 0) is 46.7 Å². The quantitative estimate of drug-likeness (QED) is 0.0651. The van der Waals surface area contributed by atoms with Gasteiger partial charge in [-0.2, -0.15) is 0 Å². The number of carbonyl (C=O) groups is 2. The van der Waals surface area contributed by atoms with E-state index in [4.69, 9.17) is 24.0 Å². The molecule has 3 atom stereocenters. The maximum absolute atomic E-state index is 12.3. The van der Waals surface area contributed by atoms with E-state index < -0.39 is 12.3 Å². The first kappa shape index (κ1) is 38.7. The largest absolute Gasteiger partial charge is 0.481 e. The van der Waals surface area contributed by atoms with Crippen LogP contribution in [0.3, 0.4) is 0 Å². The zero-order valence-corrected chi connectivity index (χ0v) is 31.7. The second-order valence-electron chi connectivity index (χ2n) is 13.8. The molecule has 2 heterocycles. The molecule has 0 spiro atoms. The summed E-state index contributed by atoms with van der Waals surface area (Å²) in [5, 5.41) is 22.0. The Kier molecular flexibility index (Phi) is 13.1. The third-order valence-corrected chi connectivity index (χ3v) is 10.6. The van der Waals surface area contributed by atoms with Gasteiger partial charge in [0, 0.05) is 48.3 Å². The molecule has 7 rings (SSSR count). The first-order chi connectivity index (χ1) is 27.4. The van der Waals surface area contributed by atoms with Crippen LogP contribution in [0.2, 0.25) is 0 Å². The first-order valence-corrected chi connectivity index (χ1v) is 19.8. The van der Waals surface area contributed by atoms with Gasteiger partial charge in [0.2, 0.25) is 5.91 Å². The molecule has 1 fully saturated rings. The predicted molar refractivity (Wildman–Crippen MR) is 216 cm³/mol. The zero-order chi connectivity index (χ0) is 38.7. The van der Waals surface area contributed by atoms with Crippen LogP contribution in [-0.2, 0) is 32.2 Å². The third-order valence-electron chi connectivity index (χ3n) is 9.68. The minimum absolute atomic E-state index is 0.0248. The summed E-state index contributed by atoms with van der Waals surface area (Å²) >= 11 is 1.53. The molecule has 1 aliphatic heterocycles. The molecule has 6 aromatic rings. The fraction of sp³-hybridized carbons (Fsp3) is 0.239. The maximum Gasteiger partial charge on any atom is 0.303 e. The number of carboxylic acids is 1. The van der Waals surface area contributed by atoms with E-state index >= 15 is 0 Å². The monoisotopic (exact) mass is 768 g/mol. The number of nitrogens with one attached hydrogen (secondary N) is 1. The van der Waals surface area contributed by atoms with E-state index in [1.807, 2.05) is 115 Å². The Morgan fingerprint density at radius 3 is 2.11 bits per heavy atom. The van der Waals surface area contributed by atoms with Crippen LogP contribution in [0.5, 0.6) is 0 Å². The molecular weight excluding hydrogens is 725 g/mol. The molecule has 0 radical (unpaired) electrons. The molecule has 0 bridgehead atoms. The Morgan fingerprint density at radius 2 is 1.39 bits per heavy atom. The van der Waals surface area contributed by atoms with Crippen molar-refractivity contribution in [3.05, 3.63) is 156 Å². The highest BCUT2D eigenvalue weighted by Gasteiger charge is 2.33. The van der Waals surface area contributed by atoms with E-state index in [2.05, 4.69) is 23.5 Å². The van der Waals surface area contributed by atoms with Crippen molar-refractivity contribution in [3.63, 3.8) is 0 Å². The summed E-state index contributed by atoms with van der Waals surface area (Å²) in [5.74, 6) is 0.387. The smallest absolute Gasteiger partial charge is 0.303 e. The van der Waals surface area contributed by atoms with Gasteiger partial charge in [-0.15, -0.1) is 0 Å². The number of ether oxygens (including phenoxy) is 2. The number of aliphatic hydroxyl groups is 1. The molecule has 3 unspecified atom stereocenters. The Hall–Kier alpha value is -5.52. The van der Waals surface area contributed by atoms with Gasteiger partial charge in [-0.3, -0.25) is 9.59 Å².